The Hall–Kier alpha value is -3.23. The van der Waals surface area contributed by atoms with Gasteiger partial charge in [-0.05, 0) is 43.2 Å². The maximum Gasteiger partial charge on any atom is 0.229 e. The number of aryl methyl sites for hydroxylation is 3. The van der Waals surface area contributed by atoms with Gasteiger partial charge in [0, 0.05) is 61.9 Å². The van der Waals surface area contributed by atoms with E-state index < -0.39 is 0 Å². The van der Waals surface area contributed by atoms with Crippen LogP contribution in [0.2, 0.25) is 0 Å². The van der Waals surface area contributed by atoms with Crippen LogP contribution in [0.3, 0.4) is 0 Å². The molecule has 154 valence electrons. The summed E-state index contributed by atoms with van der Waals surface area (Å²) >= 11 is 0. The summed E-state index contributed by atoms with van der Waals surface area (Å²) in [5, 5.41) is 18.2. The molecule has 2 N–H and O–H groups in total. The van der Waals surface area contributed by atoms with E-state index in [9.17, 15) is 5.11 Å². The average molecular weight is 403 g/mol. The van der Waals surface area contributed by atoms with Gasteiger partial charge in [0.25, 0.3) is 0 Å². The van der Waals surface area contributed by atoms with Crippen molar-refractivity contribution in [2.75, 3.05) is 18.4 Å². The van der Waals surface area contributed by atoms with E-state index in [4.69, 9.17) is 4.98 Å². The minimum absolute atomic E-state index is 0.184. The van der Waals surface area contributed by atoms with Crippen molar-refractivity contribution in [3.8, 4) is 5.82 Å². The average Bonchev–Trinajstić information content (AvgIpc) is 3.25. The summed E-state index contributed by atoms with van der Waals surface area (Å²) in [6, 6.07) is 6.09. The zero-order valence-corrected chi connectivity index (χ0v) is 17.4. The number of β-amino-alcohol motifs (C(OH)–C–C–N with tert-alkyl or cyclic N) is 1. The van der Waals surface area contributed by atoms with Crippen LogP contribution in [0.25, 0.3) is 16.7 Å². The van der Waals surface area contributed by atoms with E-state index in [1.165, 1.54) is 11.1 Å². The first kappa shape index (κ1) is 18.8. The van der Waals surface area contributed by atoms with Crippen LogP contribution in [0.1, 0.15) is 16.7 Å². The Balaban J connectivity index is 1.40. The van der Waals surface area contributed by atoms with Gasteiger partial charge in [0.15, 0.2) is 0 Å². The highest BCUT2D eigenvalue weighted by molar-refractivity contribution is 5.83. The molecule has 1 aromatic carbocycles. The van der Waals surface area contributed by atoms with E-state index >= 15 is 0 Å². The Morgan fingerprint density at radius 1 is 1.13 bits per heavy atom. The number of hydrogen-bond donors (Lipinski definition) is 2. The molecule has 5 rings (SSSR count). The highest BCUT2D eigenvalue weighted by Gasteiger charge is 2.25. The van der Waals surface area contributed by atoms with Gasteiger partial charge in [0.05, 0.1) is 17.8 Å². The summed E-state index contributed by atoms with van der Waals surface area (Å²) in [5.74, 6) is 1.41. The van der Waals surface area contributed by atoms with Gasteiger partial charge in [-0.25, -0.2) is 4.98 Å². The fourth-order valence-corrected chi connectivity index (χ4v) is 3.92. The molecule has 4 heterocycles. The van der Waals surface area contributed by atoms with Crippen LogP contribution in [0, 0.1) is 13.8 Å². The van der Waals surface area contributed by atoms with Gasteiger partial charge in [-0.15, -0.1) is 0 Å². The van der Waals surface area contributed by atoms with Gasteiger partial charge in [-0.2, -0.15) is 10.1 Å². The molecule has 0 aliphatic carbocycles. The second-order valence-electron chi connectivity index (χ2n) is 8.09. The smallest absolute Gasteiger partial charge is 0.229 e. The van der Waals surface area contributed by atoms with Crippen LogP contribution >= 0.6 is 0 Å². The number of benzene rings is 1. The summed E-state index contributed by atoms with van der Waals surface area (Å²) < 4.78 is 3.92. The molecule has 0 saturated carbocycles. The van der Waals surface area contributed by atoms with Crippen LogP contribution in [0.5, 0.6) is 0 Å². The molecular weight excluding hydrogens is 378 g/mol. The lowest BCUT2D eigenvalue weighted by Gasteiger charge is -2.35. The summed E-state index contributed by atoms with van der Waals surface area (Å²) in [7, 11) is 1.93. The van der Waals surface area contributed by atoms with Crippen LogP contribution < -0.4 is 5.32 Å². The molecule has 30 heavy (non-hydrogen) atoms. The van der Waals surface area contributed by atoms with Gasteiger partial charge < -0.3 is 15.0 Å². The molecule has 0 amide bonds. The summed E-state index contributed by atoms with van der Waals surface area (Å²) in [5.41, 5.74) is 5.47. The second kappa shape index (κ2) is 7.23. The lowest BCUT2D eigenvalue weighted by molar-refractivity contribution is -0.00295. The van der Waals surface area contributed by atoms with Crippen molar-refractivity contribution in [2.45, 2.75) is 26.5 Å². The highest BCUT2D eigenvalue weighted by atomic mass is 16.3. The van der Waals surface area contributed by atoms with E-state index in [0.29, 0.717) is 5.95 Å². The number of likely N-dealkylation sites (tertiary alicyclic amines) is 1. The van der Waals surface area contributed by atoms with Gasteiger partial charge >= 0.3 is 0 Å². The van der Waals surface area contributed by atoms with Crippen molar-refractivity contribution in [3.63, 3.8) is 0 Å². The second-order valence-corrected chi connectivity index (χ2v) is 8.09. The number of aliphatic hydroxyl groups is 1. The zero-order valence-electron chi connectivity index (χ0n) is 17.4. The number of fused-ring (bicyclic) bond motifs is 1. The first-order chi connectivity index (χ1) is 14.5. The van der Waals surface area contributed by atoms with Gasteiger partial charge in [-0.1, -0.05) is 0 Å². The van der Waals surface area contributed by atoms with Gasteiger partial charge in [0.2, 0.25) is 5.95 Å². The predicted octanol–water partition coefficient (Wildman–Crippen LogP) is 2.69. The molecule has 0 bridgehead atoms. The minimum Gasteiger partial charge on any atom is -0.390 e. The number of aliphatic hydroxyl groups excluding tert-OH is 1. The first-order valence-electron chi connectivity index (χ1n) is 10.1. The topological polar surface area (TPSA) is 84.0 Å². The van der Waals surface area contributed by atoms with Crippen molar-refractivity contribution in [3.05, 3.63) is 59.7 Å². The van der Waals surface area contributed by atoms with Gasteiger partial charge in [-0.3, -0.25) is 9.58 Å². The van der Waals surface area contributed by atoms with Crippen molar-refractivity contribution in [1.29, 1.82) is 0 Å². The molecular formula is C22H25N7O. The van der Waals surface area contributed by atoms with Crippen molar-refractivity contribution < 1.29 is 5.11 Å². The zero-order chi connectivity index (χ0) is 20.8. The minimum atomic E-state index is -0.184. The van der Waals surface area contributed by atoms with Crippen LogP contribution in [-0.2, 0) is 13.6 Å². The number of nitrogens with zero attached hydrogens (tertiary/aromatic N) is 6. The molecule has 0 spiro atoms. The predicted molar refractivity (Wildman–Crippen MR) is 116 cm³/mol. The lowest BCUT2D eigenvalue weighted by Crippen LogP contribution is -2.49. The largest absolute Gasteiger partial charge is 0.390 e. The summed E-state index contributed by atoms with van der Waals surface area (Å²) in [4.78, 5) is 11.5. The Labute approximate surface area is 174 Å². The maximum atomic E-state index is 9.52. The molecule has 1 aliphatic rings. The van der Waals surface area contributed by atoms with E-state index in [-0.39, 0.29) is 6.10 Å². The molecule has 1 fully saturated rings. The molecule has 0 atom stereocenters. The lowest BCUT2D eigenvalue weighted by atomic mass is 10.1. The Kier molecular flexibility index (Phi) is 4.52. The number of rotatable bonds is 5. The third-order valence-electron chi connectivity index (χ3n) is 5.66. The molecule has 4 aromatic rings. The summed E-state index contributed by atoms with van der Waals surface area (Å²) in [6.45, 7) is 6.46. The Morgan fingerprint density at radius 2 is 1.97 bits per heavy atom. The van der Waals surface area contributed by atoms with Crippen molar-refractivity contribution in [1.82, 2.24) is 29.2 Å². The van der Waals surface area contributed by atoms with Crippen LogP contribution in [-0.4, -0.2) is 53.5 Å². The number of hydrogen-bond acceptors (Lipinski definition) is 6. The van der Waals surface area contributed by atoms with Gasteiger partial charge in [0.1, 0.15) is 5.82 Å². The Bertz CT molecular complexity index is 1220. The molecule has 8 nitrogen and oxygen atoms in total. The maximum absolute atomic E-state index is 9.52. The number of nitrogens with one attached hydrogen (secondary N) is 1. The highest BCUT2D eigenvalue weighted by Crippen LogP contribution is 2.23. The van der Waals surface area contributed by atoms with Crippen LogP contribution in [0.15, 0.2) is 43.0 Å². The molecule has 3 aromatic heterocycles. The quantitative estimate of drug-likeness (QED) is 0.533. The molecule has 1 aliphatic heterocycles. The molecule has 0 radical (unpaired) electrons. The van der Waals surface area contributed by atoms with E-state index in [0.717, 1.165) is 47.6 Å². The van der Waals surface area contributed by atoms with E-state index in [1.54, 1.807) is 0 Å². The van der Waals surface area contributed by atoms with Crippen molar-refractivity contribution >= 4 is 22.5 Å². The number of aromatic nitrogens is 5. The summed E-state index contributed by atoms with van der Waals surface area (Å²) in [6.07, 6.45) is 7.74. The van der Waals surface area contributed by atoms with E-state index in [2.05, 4.69) is 44.2 Å². The van der Waals surface area contributed by atoms with Crippen LogP contribution in [0.4, 0.5) is 11.6 Å². The third kappa shape index (κ3) is 3.44. The first-order valence-corrected chi connectivity index (χ1v) is 10.1. The fourth-order valence-electron chi connectivity index (χ4n) is 3.92. The molecule has 8 heteroatoms. The Morgan fingerprint density at radius 3 is 2.77 bits per heavy atom. The monoisotopic (exact) mass is 403 g/mol. The van der Waals surface area contributed by atoms with Crippen molar-refractivity contribution in [2.24, 2.45) is 7.05 Å². The SMILES string of the molecule is Cc1cn(-c2nc(Nc3ccc4c(cnn4C)c3)ncc2C)cc1CN1CC(O)C1. The fraction of sp³-hybridized carbons (Fsp3) is 0.318. The third-order valence-corrected chi connectivity index (χ3v) is 5.66. The molecule has 1 saturated heterocycles. The van der Waals surface area contributed by atoms with E-state index in [1.807, 2.05) is 49.2 Å². The normalized spacial score (nSPS) is 14.9. The standard InChI is InChI=1S/C22H25N7O/c1-14-7-23-22(25-18-4-5-20-16(6-18)8-24-27(20)3)26-21(14)29-9-15(2)17(11-29)10-28-12-19(30)13-28/h4-9,11,19,30H,10,12-13H2,1-3H3,(H,23,25,26). The molecule has 0 unspecified atom stereocenters. The number of anilines is 2.